The maximum Gasteiger partial charge on any atom is 0.508 e. The Kier molecular flexibility index (Phi) is 24.1. The van der Waals surface area contributed by atoms with Crippen LogP contribution >= 0.6 is 11.8 Å². The normalized spacial score (nSPS) is 13.2. The number of amides is 1. The summed E-state index contributed by atoms with van der Waals surface area (Å²) in [5, 5.41) is 4.74. The van der Waals surface area contributed by atoms with Crippen molar-refractivity contribution in [2.45, 2.75) is 129 Å². The van der Waals surface area contributed by atoms with Crippen LogP contribution in [0.5, 0.6) is 0 Å². The fraction of sp³-hybridized carbons (Fsp3) is 0.839. The van der Waals surface area contributed by atoms with Gasteiger partial charge in [-0.2, -0.15) is 0 Å². The number of hydrogen-bond acceptors (Lipinski definition) is 9. The Morgan fingerprint density at radius 3 is 1.90 bits per heavy atom. The first-order valence-electron chi connectivity index (χ1n) is 15.9. The van der Waals surface area contributed by atoms with Crippen molar-refractivity contribution in [3.05, 3.63) is 11.6 Å². The van der Waals surface area contributed by atoms with Crippen LogP contribution in [0.4, 0.5) is 9.59 Å². The molecule has 0 bridgehead atoms. The van der Waals surface area contributed by atoms with Gasteiger partial charge in [0.1, 0.15) is 13.2 Å². The Morgan fingerprint density at radius 2 is 1.37 bits per heavy atom. The number of nitrogens with one attached hydrogen (secondary N) is 1. The summed E-state index contributed by atoms with van der Waals surface area (Å²) in [6.07, 6.45) is 21.2. The molecule has 0 aromatic carbocycles. The summed E-state index contributed by atoms with van der Waals surface area (Å²) in [5.41, 5.74) is 0. The molecule has 0 aliphatic carbocycles. The van der Waals surface area contributed by atoms with Crippen LogP contribution in [-0.4, -0.2) is 68.5 Å². The molecule has 9 nitrogen and oxygen atoms in total. The van der Waals surface area contributed by atoms with Gasteiger partial charge < -0.3 is 29.2 Å². The molecular weight excluding hydrogens is 544 g/mol. The van der Waals surface area contributed by atoms with Gasteiger partial charge in [0.25, 0.3) is 0 Å². The maximum atomic E-state index is 12.0. The Morgan fingerprint density at radius 1 is 0.805 bits per heavy atom. The van der Waals surface area contributed by atoms with Gasteiger partial charge in [-0.15, -0.1) is 11.8 Å². The minimum Gasteiger partial charge on any atom is -0.462 e. The van der Waals surface area contributed by atoms with Gasteiger partial charge in [0.05, 0.1) is 13.0 Å². The number of carbonyl (C=O) groups is 3. The van der Waals surface area contributed by atoms with Crippen molar-refractivity contribution in [2.24, 2.45) is 0 Å². The Bertz CT molecular complexity index is 708. The molecule has 0 unspecified atom stereocenters. The first kappa shape index (κ1) is 36.9. The van der Waals surface area contributed by atoms with Crippen LogP contribution in [0.15, 0.2) is 11.6 Å². The number of unbranched alkanes of at least 4 members (excludes halogenated alkanes) is 15. The third-order valence-corrected chi connectivity index (χ3v) is 7.79. The second-order valence-corrected chi connectivity index (χ2v) is 11.6. The number of nitrogens with zero attached hydrogens (tertiary/aromatic N) is 1. The van der Waals surface area contributed by atoms with E-state index in [1.165, 1.54) is 97.0 Å². The average Bonchev–Trinajstić information content (AvgIpc) is 3.49. The van der Waals surface area contributed by atoms with Crippen LogP contribution in [0.25, 0.3) is 0 Å². The molecule has 41 heavy (non-hydrogen) atoms. The van der Waals surface area contributed by atoms with Crippen molar-refractivity contribution in [1.82, 2.24) is 10.2 Å². The van der Waals surface area contributed by atoms with Gasteiger partial charge in [-0.05, 0) is 18.2 Å². The van der Waals surface area contributed by atoms with Crippen LogP contribution in [0.3, 0.4) is 0 Å². The number of carbonyl (C=O) groups excluding carboxylic acids is 3. The van der Waals surface area contributed by atoms with E-state index in [9.17, 15) is 14.4 Å². The highest BCUT2D eigenvalue weighted by atomic mass is 32.2. The molecule has 1 atom stereocenters. The number of esters is 1. The van der Waals surface area contributed by atoms with Gasteiger partial charge in [-0.1, -0.05) is 103 Å². The Labute approximate surface area is 252 Å². The summed E-state index contributed by atoms with van der Waals surface area (Å²) in [7, 11) is 1.18. The molecule has 0 spiro atoms. The lowest BCUT2D eigenvalue weighted by Crippen LogP contribution is -2.34. The van der Waals surface area contributed by atoms with Crippen LogP contribution < -0.4 is 5.32 Å². The molecule has 1 rings (SSSR count). The lowest BCUT2D eigenvalue weighted by molar-refractivity contribution is -0.148. The molecule has 0 saturated carbocycles. The van der Waals surface area contributed by atoms with Crippen LogP contribution in [0, 0.1) is 0 Å². The number of methoxy groups -OCH3 is 1. The SMILES string of the molecule is CCCCCCCCCCCCCCCCCCNC(=O)OC[C@H](COC(=O)CCCN1C=CSC1)OC(=O)OC. The number of ether oxygens (including phenoxy) is 4. The lowest BCUT2D eigenvalue weighted by Gasteiger charge is -2.18. The van der Waals surface area contributed by atoms with Gasteiger partial charge >= 0.3 is 18.2 Å². The number of alkyl carbamates (subject to hydrolysis) is 1. The number of hydrogen-bond donors (Lipinski definition) is 1. The summed E-state index contributed by atoms with van der Waals surface area (Å²) in [6.45, 7) is 3.12. The van der Waals surface area contributed by atoms with Crippen molar-refractivity contribution < 1.29 is 33.3 Å². The fourth-order valence-corrected chi connectivity index (χ4v) is 5.27. The zero-order chi connectivity index (χ0) is 29.8. The van der Waals surface area contributed by atoms with Gasteiger partial charge in [-0.3, -0.25) is 4.79 Å². The number of thioether (sulfide) groups is 1. The molecule has 1 amide bonds. The van der Waals surface area contributed by atoms with E-state index in [2.05, 4.69) is 21.9 Å². The van der Waals surface area contributed by atoms with Crippen molar-refractivity contribution in [3.63, 3.8) is 0 Å². The first-order chi connectivity index (χ1) is 20.0. The van der Waals surface area contributed by atoms with Crippen LogP contribution in [-0.2, 0) is 23.7 Å². The smallest absolute Gasteiger partial charge is 0.462 e. The van der Waals surface area contributed by atoms with E-state index in [0.29, 0.717) is 13.0 Å². The Hall–Kier alpha value is -2.10. The monoisotopic (exact) mass is 600 g/mol. The standard InChI is InChI=1S/C31H56N2O7S/c1-3-4-5-6-7-8-9-10-11-12-13-14-15-16-17-18-21-32-30(35)39-26-28(40-31(36)37-2)25-38-29(34)20-19-22-33-23-24-41-27-33/h23-24,28H,3-22,25-27H2,1-2H3,(H,32,35)/t28-/m0/s1. The summed E-state index contributed by atoms with van der Waals surface area (Å²) in [6, 6.07) is 0. The maximum absolute atomic E-state index is 12.0. The fourth-order valence-electron chi connectivity index (χ4n) is 4.52. The highest BCUT2D eigenvalue weighted by molar-refractivity contribution is 8.02. The topological polar surface area (TPSA) is 103 Å². The van der Waals surface area contributed by atoms with Crippen LogP contribution in [0.1, 0.15) is 122 Å². The van der Waals surface area contributed by atoms with Gasteiger partial charge in [0.2, 0.25) is 0 Å². The second kappa shape index (κ2) is 26.8. The van der Waals surface area contributed by atoms with E-state index in [1.54, 1.807) is 11.8 Å². The van der Waals surface area contributed by atoms with Crippen molar-refractivity contribution in [2.75, 3.05) is 39.3 Å². The molecule has 0 saturated heterocycles. The summed E-state index contributed by atoms with van der Waals surface area (Å²) in [5.74, 6) is 0.496. The van der Waals surface area contributed by atoms with E-state index < -0.39 is 24.3 Å². The minimum absolute atomic E-state index is 0.209. The van der Waals surface area contributed by atoms with E-state index in [0.717, 1.165) is 25.3 Å². The Balaban J connectivity index is 1.99. The molecule has 0 fully saturated rings. The van der Waals surface area contributed by atoms with Gasteiger partial charge in [0.15, 0.2) is 6.10 Å². The third kappa shape index (κ3) is 23.2. The number of rotatable bonds is 26. The molecule has 0 radical (unpaired) electrons. The molecule has 0 aromatic rings. The quantitative estimate of drug-likeness (QED) is 0.0602. The van der Waals surface area contributed by atoms with Crippen LogP contribution in [0.2, 0.25) is 0 Å². The third-order valence-electron chi connectivity index (χ3n) is 6.99. The zero-order valence-electron chi connectivity index (χ0n) is 25.7. The molecule has 238 valence electrons. The zero-order valence-corrected chi connectivity index (χ0v) is 26.5. The van der Waals surface area contributed by atoms with Gasteiger partial charge in [-0.25, -0.2) is 9.59 Å². The molecular formula is C31H56N2O7S. The minimum atomic E-state index is -0.939. The largest absolute Gasteiger partial charge is 0.508 e. The van der Waals surface area contributed by atoms with Gasteiger partial charge in [0, 0.05) is 25.7 Å². The molecule has 1 aliphatic heterocycles. The predicted molar refractivity (Wildman–Crippen MR) is 165 cm³/mol. The predicted octanol–water partition coefficient (Wildman–Crippen LogP) is 7.93. The first-order valence-corrected chi connectivity index (χ1v) is 16.9. The van der Waals surface area contributed by atoms with Crippen molar-refractivity contribution in [1.29, 1.82) is 0 Å². The highest BCUT2D eigenvalue weighted by Gasteiger charge is 2.20. The molecule has 1 aliphatic rings. The second-order valence-electron chi connectivity index (χ2n) is 10.7. The van der Waals surface area contributed by atoms with E-state index in [1.807, 2.05) is 11.6 Å². The van der Waals surface area contributed by atoms with E-state index in [4.69, 9.17) is 14.2 Å². The summed E-state index contributed by atoms with van der Waals surface area (Å²) >= 11 is 1.71. The van der Waals surface area contributed by atoms with E-state index >= 15 is 0 Å². The van der Waals surface area contributed by atoms with E-state index in [-0.39, 0.29) is 19.6 Å². The summed E-state index contributed by atoms with van der Waals surface area (Å²) < 4.78 is 20.0. The highest BCUT2D eigenvalue weighted by Crippen LogP contribution is 2.16. The van der Waals surface area contributed by atoms with Crippen molar-refractivity contribution in [3.8, 4) is 0 Å². The molecule has 0 aromatic heterocycles. The average molecular weight is 601 g/mol. The summed E-state index contributed by atoms with van der Waals surface area (Å²) in [4.78, 5) is 37.7. The van der Waals surface area contributed by atoms with Crippen molar-refractivity contribution >= 4 is 30.0 Å². The molecule has 10 heteroatoms. The molecule has 1 heterocycles. The lowest BCUT2D eigenvalue weighted by atomic mass is 10.0. The molecule has 1 N–H and O–H groups in total.